The third kappa shape index (κ3) is 3.32. The highest BCUT2D eigenvalue weighted by molar-refractivity contribution is 6.30. The molecule has 0 amide bonds. The minimum atomic E-state index is 0.245. The second-order valence-corrected chi connectivity index (χ2v) is 4.43. The molecule has 0 aliphatic rings. The van der Waals surface area contributed by atoms with Gasteiger partial charge in [0.2, 0.25) is 5.28 Å². The number of hydrogen-bond donors (Lipinski definition) is 1. The summed E-state index contributed by atoms with van der Waals surface area (Å²) in [6, 6.07) is 7.65. The quantitative estimate of drug-likeness (QED) is 0.862. The molecule has 2 aromatic rings. The SMILES string of the molecule is Cc1cnc(Cl)nc1NCc1ccc(Cl)cc1. The van der Waals surface area contributed by atoms with Crippen LogP contribution in [0.4, 0.5) is 5.82 Å². The predicted octanol–water partition coefficient (Wildman–Crippen LogP) is 3.70. The van der Waals surface area contributed by atoms with Crippen LogP contribution in [0.1, 0.15) is 11.1 Å². The lowest BCUT2D eigenvalue weighted by Gasteiger charge is -2.08. The summed E-state index contributed by atoms with van der Waals surface area (Å²) in [5.74, 6) is 0.750. The molecular formula is C12H11Cl2N3. The highest BCUT2D eigenvalue weighted by Crippen LogP contribution is 2.15. The third-order valence-electron chi connectivity index (χ3n) is 2.32. The molecule has 88 valence electrons. The van der Waals surface area contributed by atoms with Gasteiger partial charge in [0.05, 0.1) is 0 Å². The molecule has 0 unspecified atom stereocenters. The van der Waals surface area contributed by atoms with E-state index in [1.807, 2.05) is 31.2 Å². The van der Waals surface area contributed by atoms with Crippen LogP contribution < -0.4 is 5.32 Å². The summed E-state index contributed by atoms with van der Waals surface area (Å²) >= 11 is 11.6. The van der Waals surface area contributed by atoms with E-state index in [2.05, 4.69) is 15.3 Å². The van der Waals surface area contributed by atoms with Crippen molar-refractivity contribution in [3.63, 3.8) is 0 Å². The van der Waals surface area contributed by atoms with Crippen LogP contribution in [0.3, 0.4) is 0 Å². The molecule has 1 aromatic heterocycles. The van der Waals surface area contributed by atoms with Gasteiger partial charge < -0.3 is 5.32 Å². The molecule has 0 radical (unpaired) electrons. The summed E-state index contributed by atoms with van der Waals surface area (Å²) in [5.41, 5.74) is 2.09. The number of anilines is 1. The first-order valence-corrected chi connectivity index (χ1v) is 5.88. The summed E-state index contributed by atoms with van der Waals surface area (Å²) < 4.78 is 0. The van der Waals surface area contributed by atoms with Crippen LogP contribution >= 0.6 is 23.2 Å². The average molecular weight is 268 g/mol. The summed E-state index contributed by atoms with van der Waals surface area (Å²) in [6.45, 7) is 2.60. The van der Waals surface area contributed by atoms with E-state index in [4.69, 9.17) is 23.2 Å². The van der Waals surface area contributed by atoms with Gasteiger partial charge in [0, 0.05) is 23.3 Å². The number of nitrogens with zero attached hydrogens (tertiary/aromatic N) is 2. The molecule has 0 aliphatic heterocycles. The molecule has 0 fully saturated rings. The fourth-order valence-corrected chi connectivity index (χ4v) is 1.65. The summed E-state index contributed by atoms with van der Waals surface area (Å²) in [7, 11) is 0. The van der Waals surface area contributed by atoms with Gasteiger partial charge in [-0.15, -0.1) is 0 Å². The van der Waals surface area contributed by atoms with Gasteiger partial charge in [-0.2, -0.15) is 0 Å². The Morgan fingerprint density at radius 1 is 1.18 bits per heavy atom. The van der Waals surface area contributed by atoms with Crippen LogP contribution in [-0.4, -0.2) is 9.97 Å². The Hall–Kier alpha value is -1.32. The lowest BCUT2D eigenvalue weighted by molar-refractivity contribution is 1.06. The number of halogens is 2. The molecule has 2 rings (SSSR count). The maximum atomic E-state index is 5.82. The molecule has 0 saturated carbocycles. The Morgan fingerprint density at radius 3 is 2.59 bits per heavy atom. The van der Waals surface area contributed by atoms with Crippen molar-refractivity contribution in [2.75, 3.05) is 5.32 Å². The normalized spacial score (nSPS) is 10.3. The molecule has 1 heterocycles. The van der Waals surface area contributed by atoms with Crippen molar-refractivity contribution in [1.29, 1.82) is 0 Å². The number of hydrogen-bond acceptors (Lipinski definition) is 3. The van der Waals surface area contributed by atoms with E-state index < -0.39 is 0 Å². The van der Waals surface area contributed by atoms with Crippen molar-refractivity contribution < 1.29 is 0 Å². The first-order chi connectivity index (χ1) is 8.15. The molecule has 1 N–H and O–H groups in total. The van der Waals surface area contributed by atoms with Crippen LogP contribution in [-0.2, 0) is 6.54 Å². The fraction of sp³-hybridized carbons (Fsp3) is 0.167. The van der Waals surface area contributed by atoms with Crippen molar-refractivity contribution in [2.45, 2.75) is 13.5 Å². The lowest BCUT2D eigenvalue weighted by atomic mass is 10.2. The number of rotatable bonds is 3. The Morgan fingerprint density at radius 2 is 1.88 bits per heavy atom. The van der Waals surface area contributed by atoms with Crippen LogP contribution in [0.25, 0.3) is 0 Å². The molecule has 17 heavy (non-hydrogen) atoms. The molecule has 5 heteroatoms. The number of benzene rings is 1. The molecule has 0 aliphatic carbocycles. The van der Waals surface area contributed by atoms with Crippen molar-refractivity contribution in [3.8, 4) is 0 Å². The number of aryl methyl sites for hydroxylation is 1. The molecule has 1 aromatic carbocycles. The van der Waals surface area contributed by atoms with Gasteiger partial charge in [0.15, 0.2) is 0 Å². The molecule has 0 bridgehead atoms. The van der Waals surface area contributed by atoms with Crippen LogP contribution in [0.5, 0.6) is 0 Å². The zero-order valence-corrected chi connectivity index (χ0v) is 10.8. The number of aromatic nitrogens is 2. The molecule has 3 nitrogen and oxygen atoms in total. The van der Waals surface area contributed by atoms with Gasteiger partial charge in [-0.1, -0.05) is 23.7 Å². The zero-order chi connectivity index (χ0) is 12.3. The highest BCUT2D eigenvalue weighted by Gasteiger charge is 2.02. The average Bonchev–Trinajstić information content (AvgIpc) is 2.32. The first kappa shape index (κ1) is 12.1. The van der Waals surface area contributed by atoms with Crippen molar-refractivity contribution in [2.24, 2.45) is 0 Å². The highest BCUT2D eigenvalue weighted by atomic mass is 35.5. The van der Waals surface area contributed by atoms with Gasteiger partial charge >= 0.3 is 0 Å². The van der Waals surface area contributed by atoms with Crippen LogP contribution in [0.15, 0.2) is 30.5 Å². The molecule has 0 atom stereocenters. The van der Waals surface area contributed by atoms with Crippen molar-refractivity contribution in [1.82, 2.24) is 9.97 Å². The van der Waals surface area contributed by atoms with Gasteiger partial charge in [-0.05, 0) is 36.2 Å². The summed E-state index contributed by atoms with van der Waals surface area (Å²) in [6.07, 6.45) is 1.69. The molecule has 0 spiro atoms. The second kappa shape index (κ2) is 5.34. The maximum Gasteiger partial charge on any atom is 0.224 e. The Balaban J connectivity index is 2.07. The third-order valence-corrected chi connectivity index (χ3v) is 2.75. The lowest BCUT2D eigenvalue weighted by Crippen LogP contribution is -2.03. The van der Waals surface area contributed by atoms with E-state index in [9.17, 15) is 0 Å². The Kier molecular flexibility index (Phi) is 3.82. The van der Waals surface area contributed by atoms with Crippen molar-refractivity contribution in [3.05, 3.63) is 51.9 Å². The van der Waals surface area contributed by atoms with Gasteiger partial charge in [0.25, 0.3) is 0 Å². The minimum Gasteiger partial charge on any atom is -0.366 e. The maximum absolute atomic E-state index is 5.82. The monoisotopic (exact) mass is 267 g/mol. The van der Waals surface area contributed by atoms with E-state index in [-0.39, 0.29) is 5.28 Å². The van der Waals surface area contributed by atoms with Gasteiger partial charge in [-0.3, -0.25) is 0 Å². The number of nitrogens with one attached hydrogen (secondary N) is 1. The largest absolute Gasteiger partial charge is 0.366 e. The van der Waals surface area contributed by atoms with E-state index in [0.717, 1.165) is 22.0 Å². The van der Waals surface area contributed by atoms with Crippen LogP contribution in [0.2, 0.25) is 10.3 Å². The zero-order valence-electron chi connectivity index (χ0n) is 9.24. The molecular weight excluding hydrogens is 257 g/mol. The van der Waals surface area contributed by atoms with Crippen molar-refractivity contribution >= 4 is 29.0 Å². The fourth-order valence-electron chi connectivity index (χ4n) is 1.39. The van der Waals surface area contributed by atoms with E-state index in [0.29, 0.717) is 6.54 Å². The van der Waals surface area contributed by atoms with Gasteiger partial charge in [0.1, 0.15) is 5.82 Å². The van der Waals surface area contributed by atoms with E-state index in [1.54, 1.807) is 6.20 Å². The second-order valence-electron chi connectivity index (χ2n) is 3.65. The Labute approximate surface area is 110 Å². The predicted molar refractivity (Wildman–Crippen MR) is 70.6 cm³/mol. The standard InChI is InChI=1S/C12H11Cl2N3/c1-8-6-16-12(14)17-11(8)15-7-9-2-4-10(13)5-3-9/h2-6H,7H2,1H3,(H,15,16,17). The molecule has 0 saturated heterocycles. The first-order valence-electron chi connectivity index (χ1n) is 5.12. The van der Waals surface area contributed by atoms with Crippen LogP contribution in [0, 0.1) is 6.92 Å². The van der Waals surface area contributed by atoms with E-state index in [1.165, 1.54) is 0 Å². The van der Waals surface area contributed by atoms with E-state index >= 15 is 0 Å². The topological polar surface area (TPSA) is 37.8 Å². The summed E-state index contributed by atoms with van der Waals surface area (Å²) in [5, 5.41) is 4.19. The minimum absolute atomic E-state index is 0.245. The smallest absolute Gasteiger partial charge is 0.224 e. The Bertz CT molecular complexity index is 512. The van der Waals surface area contributed by atoms with Gasteiger partial charge in [-0.25, -0.2) is 9.97 Å². The summed E-state index contributed by atoms with van der Waals surface area (Å²) in [4.78, 5) is 8.03.